The summed E-state index contributed by atoms with van der Waals surface area (Å²) in [5, 5.41) is 3.22. The monoisotopic (exact) mass is 379 g/mol. The summed E-state index contributed by atoms with van der Waals surface area (Å²) in [6.45, 7) is 2.17. The molecular weight excluding hydrogens is 357 g/mol. The van der Waals surface area contributed by atoms with E-state index in [2.05, 4.69) is 28.2 Å². The topological polar surface area (TPSA) is 29.1 Å². The Labute approximate surface area is 145 Å². The molecule has 4 aliphatic carbocycles. The minimum absolute atomic E-state index is 0.0971. The molecule has 4 fully saturated rings. The van der Waals surface area contributed by atoms with Gasteiger partial charge in [0.15, 0.2) is 0 Å². The lowest BCUT2D eigenvalue weighted by molar-refractivity contribution is -0.0688. The van der Waals surface area contributed by atoms with E-state index in [0.717, 1.165) is 17.8 Å². The molecule has 0 radical (unpaired) electrons. The molecule has 0 spiro atoms. The number of benzene rings is 1. The molecule has 1 amide bonds. The van der Waals surface area contributed by atoms with Crippen LogP contribution in [0.3, 0.4) is 0 Å². The van der Waals surface area contributed by atoms with E-state index in [1.165, 1.54) is 50.7 Å². The number of amides is 1. The van der Waals surface area contributed by atoms with Crippen molar-refractivity contribution in [1.82, 2.24) is 5.32 Å². The number of hydrogen-bond acceptors (Lipinski definition) is 1. The SMILES string of the molecule is C[C@H](NC(=O)c1ccc(F)cc1Br)C12CC3CC(CC(C3)C1)C2. The molecule has 4 bridgehead atoms. The van der Waals surface area contributed by atoms with Gasteiger partial charge in [-0.05, 0) is 103 Å². The minimum atomic E-state index is -0.331. The molecule has 1 aromatic carbocycles. The van der Waals surface area contributed by atoms with Crippen LogP contribution in [0.2, 0.25) is 0 Å². The standard InChI is InChI=1S/C19H23BrFNO/c1-11(22-18(23)16-3-2-15(21)7-17(16)20)19-8-12-4-13(9-19)6-14(5-12)10-19/h2-3,7,11-14H,4-6,8-10H2,1H3,(H,22,23)/t11-,12?,13?,14?,19?/m0/s1. The summed E-state index contributed by atoms with van der Waals surface area (Å²) < 4.78 is 13.7. The van der Waals surface area contributed by atoms with Crippen molar-refractivity contribution in [3.63, 3.8) is 0 Å². The van der Waals surface area contributed by atoms with Crippen molar-refractivity contribution in [3.8, 4) is 0 Å². The molecule has 4 heteroatoms. The highest BCUT2D eigenvalue weighted by molar-refractivity contribution is 9.10. The van der Waals surface area contributed by atoms with Crippen LogP contribution in [0.1, 0.15) is 55.8 Å². The van der Waals surface area contributed by atoms with Crippen molar-refractivity contribution < 1.29 is 9.18 Å². The van der Waals surface area contributed by atoms with E-state index in [0.29, 0.717) is 10.0 Å². The van der Waals surface area contributed by atoms with Gasteiger partial charge >= 0.3 is 0 Å². The second-order valence-electron chi connectivity index (χ2n) is 8.10. The van der Waals surface area contributed by atoms with Crippen LogP contribution in [0, 0.1) is 29.0 Å². The predicted molar refractivity (Wildman–Crippen MR) is 91.6 cm³/mol. The van der Waals surface area contributed by atoms with Gasteiger partial charge in [-0.15, -0.1) is 0 Å². The number of halogens is 2. The van der Waals surface area contributed by atoms with Crippen molar-refractivity contribution in [2.24, 2.45) is 23.2 Å². The lowest BCUT2D eigenvalue weighted by atomic mass is 9.48. The molecule has 0 unspecified atom stereocenters. The van der Waals surface area contributed by atoms with Gasteiger partial charge in [-0.25, -0.2) is 4.39 Å². The van der Waals surface area contributed by atoms with Crippen LogP contribution >= 0.6 is 15.9 Å². The first kappa shape index (κ1) is 15.6. The predicted octanol–water partition coefficient (Wildman–Crippen LogP) is 4.92. The fourth-order valence-electron chi connectivity index (χ4n) is 5.81. The third kappa shape index (κ3) is 2.73. The normalized spacial score (nSPS) is 36.0. The molecule has 0 heterocycles. The van der Waals surface area contributed by atoms with Gasteiger partial charge in [-0.2, -0.15) is 0 Å². The van der Waals surface area contributed by atoms with Crippen molar-refractivity contribution in [3.05, 3.63) is 34.1 Å². The van der Waals surface area contributed by atoms with Gasteiger partial charge in [0.05, 0.1) is 5.56 Å². The molecule has 0 aromatic heterocycles. The molecule has 23 heavy (non-hydrogen) atoms. The van der Waals surface area contributed by atoms with Crippen molar-refractivity contribution in [2.75, 3.05) is 0 Å². The Morgan fingerprint density at radius 3 is 2.30 bits per heavy atom. The van der Waals surface area contributed by atoms with Crippen LogP contribution in [0.5, 0.6) is 0 Å². The largest absolute Gasteiger partial charge is 0.349 e. The third-order valence-electron chi connectivity index (χ3n) is 6.53. The first-order chi connectivity index (χ1) is 10.9. The zero-order valence-electron chi connectivity index (χ0n) is 13.4. The Morgan fingerprint density at radius 2 is 1.78 bits per heavy atom. The molecule has 2 nitrogen and oxygen atoms in total. The van der Waals surface area contributed by atoms with Crippen LogP contribution in [0.25, 0.3) is 0 Å². The summed E-state index contributed by atoms with van der Waals surface area (Å²) in [5.74, 6) is 2.19. The Bertz CT molecular complexity index is 609. The molecular formula is C19H23BrFNO. The molecule has 1 atom stereocenters. The van der Waals surface area contributed by atoms with Crippen LogP contribution in [0.4, 0.5) is 4.39 Å². The first-order valence-electron chi connectivity index (χ1n) is 8.71. The van der Waals surface area contributed by atoms with E-state index in [4.69, 9.17) is 0 Å². The summed E-state index contributed by atoms with van der Waals surface area (Å²) in [6, 6.07) is 4.43. The number of rotatable bonds is 3. The summed E-state index contributed by atoms with van der Waals surface area (Å²) >= 11 is 3.30. The molecule has 124 valence electrons. The van der Waals surface area contributed by atoms with E-state index in [-0.39, 0.29) is 23.2 Å². The Kier molecular flexibility index (Phi) is 3.79. The highest BCUT2D eigenvalue weighted by Gasteiger charge is 2.53. The fourth-order valence-corrected chi connectivity index (χ4v) is 6.34. The van der Waals surface area contributed by atoms with Gasteiger partial charge in [0.2, 0.25) is 0 Å². The van der Waals surface area contributed by atoms with Gasteiger partial charge in [-0.1, -0.05) is 0 Å². The van der Waals surface area contributed by atoms with Crippen molar-refractivity contribution in [1.29, 1.82) is 0 Å². The highest BCUT2D eigenvalue weighted by Crippen LogP contribution is 2.61. The Hall–Kier alpha value is -0.900. The third-order valence-corrected chi connectivity index (χ3v) is 7.18. The summed E-state index contributed by atoms with van der Waals surface area (Å²) in [7, 11) is 0. The van der Waals surface area contributed by atoms with E-state index in [9.17, 15) is 9.18 Å². The smallest absolute Gasteiger partial charge is 0.252 e. The van der Waals surface area contributed by atoms with Gasteiger partial charge in [0.25, 0.3) is 5.91 Å². The first-order valence-corrected chi connectivity index (χ1v) is 9.50. The van der Waals surface area contributed by atoms with Gasteiger partial charge in [0.1, 0.15) is 5.82 Å². The lowest BCUT2D eigenvalue weighted by Crippen LogP contribution is -2.55. The molecule has 0 aliphatic heterocycles. The molecule has 4 saturated carbocycles. The van der Waals surface area contributed by atoms with Crippen LogP contribution in [-0.4, -0.2) is 11.9 Å². The minimum Gasteiger partial charge on any atom is -0.349 e. The average Bonchev–Trinajstić information content (AvgIpc) is 2.45. The number of hydrogen-bond donors (Lipinski definition) is 1. The Balaban J connectivity index is 1.51. The molecule has 1 N–H and O–H groups in total. The second kappa shape index (κ2) is 5.58. The number of nitrogens with one attached hydrogen (secondary N) is 1. The van der Waals surface area contributed by atoms with E-state index in [1.807, 2.05) is 0 Å². The summed E-state index contributed by atoms with van der Waals surface area (Å²) in [5.41, 5.74) is 0.805. The van der Waals surface area contributed by atoms with Crippen molar-refractivity contribution >= 4 is 21.8 Å². The van der Waals surface area contributed by atoms with E-state index in [1.54, 1.807) is 6.07 Å². The van der Waals surface area contributed by atoms with E-state index < -0.39 is 0 Å². The maximum atomic E-state index is 13.2. The van der Waals surface area contributed by atoms with Crippen LogP contribution in [0.15, 0.2) is 22.7 Å². The molecule has 4 aliphatic rings. The van der Waals surface area contributed by atoms with Gasteiger partial charge in [-0.3, -0.25) is 4.79 Å². The summed E-state index contributed by atoms with van der Waals surface area (Å²) in [4.78, 5) is 12.6. The van der Waals surface area contributed by atoms with Crippen molar-refractivity contribution in [2.45, 2.75) is 51.5 Å². The maximum absolute atomic E-state index is 13.2. The van der Waals surface area contributed by atoms with Crippen LogP contribution in [-0.2, 0) is 0 Å². The highest BCUT2D eigenvalue weighted by atomic mass is 79.9. The average molecular weight is 380 g/mol. The van der Waals surface area contributed by atoms with Crippen LogP contribution < -0.4 is 5.32 Å². The van der Waals surface area contributed by atoms with Gasteiger partial charge < -0.3 is 5.32 Å². The van der Waals surface area contributed by atoms with E-state index >= 15 is 0 Å². The molecule has 0 saturated heterocycles. The zero-order valence-corrected chi connectivity index (χ0v) is 15.0. The second-order valence-corrected chi connectivity index (χ2v) is 8.95. The Morgan fingerprint density at radius 1 is 1.22 bits per heavy atom. The number of carbonyl (C=O) groups is 1. The fraction of sp³-hybridized carbons (Fsp3) is 0.632. The lowest BCUT2D eigenvalue weighted by Gasteiger charge is -2.59. The summed E-state index contributed by atoms with van der Waals surface area (Å²) in [6.07, 6.45) is 8.03. The number of carbonyl (C=O) groups excluding carboxylic acids is 1. The molecule has 5 rings (SSSR count). The maximum Gasteiger partial charge on any atom is 0.252 e. The van der Waals surface area contributed by atoms with Gasteiger partial charge in [0, 0.05) is 10.5 Å². The molecule has 1 aromatic rings. The zero-order chi connectivity index (χ0) is 16.2. The quantitative estimate of drug-likeness (QED) is 0.792.